The summed E-state index contributed by atoms with van der Waals surface area (Å²) in [6.45, 7) is 1.40. The molecule has 3 N–H and O–H groups in total. The second-order valence-electron chi connectivity index (χ2n) is 5.51. The van der Waals surface area contributed by atoms with Crippen LogP contribution in [0.4, 0.5) is 5.69 Å². The van der Waals surface area contributed by atoms with Crippen LogP contribution in [0.2, 0.25) is 0 Å². The summed E-state index contributed by atoms with van der Waals surface area (Å²) in [5, 5.41) is 2.77. The molecule has 1 unspecified atom stereocenters. The Hall–Kier alpha value is -3.00. The molecule has 2 aromatic rings. The minimum Gasteiger partial charge on any atom is -0.497 e. The summed E-state index contributed by atoms with van der Waals surface area (Å²) in [6, 6.07) is 13.7. The Morgan fingerprint density at radius 3 is 2.59 bits per heavy atom. The van der Waals surface area contributed by atoms with E-state index in [1.165, 1.54) is 18.7 Å². The van der Waals surface area contributed by atoms with Crippen molar-refractivity contribution in [1.29, 1.82) is 0 Å². The Bertz CT molecular complexity index is 840. The maximum Gasteiger partial charge on any atom is 0.340 e. The van der Waals surface area contributed by atoms with Crippen molar-refractivity contribution in [2.75, 3.05) is 18.2 Å². The summed E-state index contributed by atoms with van der Waals surface area (Å²) in [7, 11) is 1.55. The van der Waals surface area contributed by atoms with Crippen molar-refractivity contribution < 1.29 is 23.9 Å². The molecule has 0 bridgehead atoms. The average molecular weight is 388 g/mol. The van der Waals surface area contributed by atoms with Crippen molar-refractivity contribution in [3.8, 4) is 5.75 Å². The summed E-state index contributed by atoms with van der Waals surface area (Å²) in [6.07, 6.45) is -1.04. The lowest BCUT2D eigenvalue weighted by molar-refractivity contribution is -0.125. The van der Waals surface area contributed by atoms with E-state index in [0.717, 1.165) is 0 Å². The van der Waals surface area contributed by atoms with E-state index in [1.807, 2.05) is 0 Å². The molecule has 0 fully saturated rings. The third-order valence-electron chi connectivity index (χ3n) is 3.50. The van der Waals surface area contributed by atoms with E-state index in [9.17, 15) is 14.4 Å². The normalized spacial score (nSPS) is 11.3. The van der Waals surface area contributed by atoms with Crippen molar-refractivity contribution in [1.82, 2.24) is 0 Å². The number of rotatable bonds is 8. The fourth-order valence-corrected chi connectivity index (χ4v) is 2.92. The maximum atomic E-state index is 12.2. The van der Waals surface area contributed by atoms with Gasteiger partial charge in [0.2, 0.25) is 5.91 Å². The lowest BCUT2D eigenvalue weighted by Gasteiger charge is -2.12. The van der Waals surface area contributed by atoms with Crippen molar-refractivity contribution in [3.63, 3.8) is 0 Å². The number of nitrogens with one attached hydrogen (secondary N) is 1. The molecule has 8 heteroatoms. The molecule has 1 atom stereocenters. The van der Waals surface area contributed by atoms with Crippen molar-refractivity contribution in [3.05, 3.63) is 54.1 Å². The number of hydrogen-bond donors (Lipinski definition) is 2. The van der Waals surface area contributed by atoms with Crippen molar-refractivity contribution in [2.45, 2.75) is 17.9 Å². The molecule has 7 nitrogen and oxygen atoms in total. The van der Waals surface area contributed by atoms with Crippen LogP contribution in [0.15, 0.2) is 53.4 Å². The molecule has 0 spiro atoms. The molecule has 27 heavy (non-hydrogen) atoms. The maximum absolute atomic E-state index is 12.2. The van der Waals surface area contributed by atoms with Crippen LogP contribution in [0.25, 0.3) is 0 Å². The van der Waals surface area contributed by atoms with E-state index in [2.05, 4.69) is 5.32 Å². The zero-order valence-corrected chi connectivity index (χ0v) is 15.7. The van der Waals surface area contributed by atoms with Crippen LogP contribution in [0.1, 0.15) is 17.3 Å². The van der Waals surface area contributed by atoms with Crippen LogP contribution in [0, 0.1) is 0 Å². The second kappa shape index (κ2) is 9.63. The number of hydrogen-bond acceptors (Lipinski definition) is 6. The molecule has 0 aliphatic carbocycles. The summed E-state index contributed by atoms with van der Waals surface area (Å²) >= 11 is 1.19. The van der Waals surface area contributed by atoms with Gasteiger partial charge in [0.25, 0.3) is 5.91 Å². The second-order valence-corrected chi connectivity index (χ2v) is 6.53. The number of nitrogens with two attached hydrogens (primary N) is 1. The molecule has 0 aliphatic rings. The molecule has 0 aromatic heterocycles. The van der Waals surface area contributed by atoms with Gasteiger partial charge in [-0.25, -0.2) is 4.79 Å². The average Bonchev–Trinajstić information content (AvgIpc) is 2.66. The summed E-state index contributed by atoms with van der Waals surface area (Å²) in [5.74, 6) is -0.907. The van der Waals surface area contributed by atoms with E-state index in [1.54, 1.807) is 55.6 Å². The number of primary amides is 1. The van der Waals surface area contributed by atoms with Crippen molar-refractivity contribution >= 4 is 35.2 Å². The zero-order valence-electron chi connectivity index (χ0n) is 14.9. The van der Waals surface area contributed by atoms with E-state index in [4.69, 9.17) is 15.2 Å². The predicted octanol–water partition coefficient (Wildman–Crippen LogP) is 2.46. The number of anilines is 1. The summed E-state index contributed by atoms with van der Waals surface area (Å²) in [4.78, 5) is 36.0. The van der Waals surface area contributed by atoms with Gasteiger partial charge in [-0.15, -0.1) is 11.8 Å². The van der Waals surface area contributed by atoms with Crippen LogP contribution in [-0.4, -0.2) is 36.8 Å². The molecular formula is C19H20N2O5S. The topological polar surface area (TPSA) is 108 Å². The number of ether oxygens (including phenoxy) is 2. The minimum absolute atomic E-state index is 0.0902. The van der Waals surface area contributed by atoms with Gasteiger partial charge in [-0.2, -0.15) is 0 Å². The first-order valence-corrected chi connectivity index (χ1v) is 9.05. The Kier molecular flexibility index (Phi) is 7.25. The molecule has 2 rings (SSSR count). The highest BCUT2D eigenvalue weighted by Crippen LogP contribution is 2.24. The molecule has 0 saturated heterocycles. The molecule has 2 aromatic carbocycles. The van der Waals surface area contributed by atoms with Crippen LogP contribution >= 0.6 is 11.8 Å². The third-order valence-corrected chi connectivity index (χ3v) is 4.58. The lowest BCUT2D eigenvalue weighted by atomic mass is 10.2. The number of methoxy groups -OCH3 is 1. The fourth-order valence-electron chi connectivity index (χ4n) is 2.08. The van der Waals surface area contributed by atoms with Crippen LogP contribution < -0.4 is 15.8 Å². The van der Waals surface area contributed by atoms with Crippen LogP contribution in [0.5, 0.6) is 5.75 Å². The van der Waals surface area contributed by atoms with E-state index >= 15 is 0 Å². The first kappa shape index (κ1) is 20.3. The van der Waals surface area contributed by atoms with Gasteiger partial charge < -0.3 is 20.5 Å². The van der Waals surface area contributed by atoms with Gasteiger partial charge in [0.1, 0.15) is 5.75 Å². The van der Waals surface area contributed by atoms with E-state index in [0.29, 0.717) is 16.3 Å². The van der Waals surface area contributed by atoms with Gasteiger partial charge in [0.05, 0.1) is 18.4 Å². The lowest BCUT2D eigenvalue weighted by Crippen LogP contribution is -2.30. The fraction of sp³-hybridized carbons (Fsp3) is 0.211. The molecule has 0 saturated carbocycles. The SMILES string of the molecule is COc1cccc(NC(=O)CSc2ccccc2C(=O)OC(C)C(N)=O)c1. The Morgan fingerprint density at radius 2 is 1.89 bits per heavy atom. The first-order chi connectivity index (χ1) is 12.9. The number of thioether (sulfide) groups is 1. The van der Waals surface area contributed by atoms with Gasteiger partial charge >= 0.3 is 5.97 Å². The molecule has 0 radical (unpaired) electrons. The van der Waals surface area contributed by atoms with E-state index < -0.39 is 18.0 Å². The molecule has 2 amide bonds. The molecule has 0 aliphatic heterocycles. The third kappa shape index (κ3) is 6.03. The number of esters is 1. The van der Waals surface area contributed by atoms with Crippen LogP contribution in [0.3, 0.4) is 0 Å². The largest absolute Gasteiger partial charge is 0.497 e. The highest BCUT2D eigenvalue weighted by molar-refractivity contribution is 8.00. The molecule has 142 valence electrons. The summed E-state index contributed by atoms with van der Waals surface area (Å²) < 4.78 is 10.1. The monoisotopic (exact) mass is 388 g/mol. The van der Waals surface area contributed by atoms with Gasteiger partial charge in [0.15, 0.2) is 6.10 Å². The standard InChI is InChI=1S/C19H20N2O5S/c1-12(18(20)23)26-19(24)15-8-3-4-9-16(15)27-11-17(22)21-13-6-5-7-14(10-13)25-2/h3-10,12H,11H2,1-2H3,(H2,20,23)(H,21,22). The predicted molar refractivity (Wildman–Crippen MR) is 103 cm³/mol. The number of amides is 2. The van der Waals surface area contributed by atoms with Gasteiger partial charge in [0, 0.05) is 16.6 Å². The number of carbonyl (C=O) groups is 3. The number of benzene rings is 2. The van der Waals surface area contributed by atoms with Crippen molar-refractivity contribution in [2.24, 2.45) is 5.73 Å². The van der Waals surface area contributed by atoms with Gasteiger partial charge in [-0.05, 0) is 31.2 Å². The zero-order chi connectivity index (χ0) is 19.8. The van der Waals surface area contributed by atoms with E-state index in [-0.39, 0.29) is 17.2 Å². The van der Waals surface area contributed by atoms with Gasteiger partial charge in [-0.3, -0.25) is 9.59 Å². The Morgan fingerprint density at radius 1 is 1.15 bits per heavy atom. The first-order valence-electron chi connectivity index (χ1n) is 8.06. The van der Waals surface area contributed by atoms with Gasteiger partial charge in [-0.1, -0.05) is 18.2 Å². The highest BCUT2D eigenvalue weighted by Gasteiger charge is 2.19. The highest BCUT2D eigenvalue weighted by atomic mass is 32.2. The minimum atomic E-state index is -1.04. The quantitative estimate of drug-likeness (QED) is 0.531. The number of carbonyl (C=O) groups excluding carboxylic acids is 3. The summed E-state index contributed by atoms with van der Waals surface area (Å²) in [5.41, 5.74) is 5.99. The molecular weight excluding hydrogens is 368 g/mol. The Balaban J connectivity index is 2.00. The smallest absolute Gasteiger partial charge is 0.340 e. The Labute approximate surface area is 161 Å². The molecule has 0 heterocycles. The van der Waals surface area contributed by atoms with Crippen LogP contribution in [-0.2, 0) is 14.3 Å².